The number of benzene rings is 8. The van der Waals surface area contributed by atoms with Crippen molar-refractivity contribution in [1.82, 2.24) is 0 Å². The standard InChI is InChI=1S/C52H41ClN6O5/c1-31-18-22-37(23-19-31)59(3)64-30-34-26-32-12-6-8-14-38(32)47(50(34)62-4)56-54-35-20-24-40-41-25-21-36(29-43(41)49(60)42(40)28-35)55-57-48-39-15-9-7-13-33(39)27-44(51(48)63-5)52(61)58(2)46-17-11-10-16-45(46)53/h6-29H,30H2,1-5H3. The van der Waals surface area contributed by atoms with Crippen LogP contribution in [0, 0.1) is 6.92 Å². The monoisotopic (exact) mass is 864 g/mol. The van der Waals surface area contributed by atoms with E-state index in [4.69, 9.17) is 31.0 Å². The van der Waals surface area contributed by atoms with Gasteiger partial charge in [-0.2, -0.15) is 10.2 Å². The van der Waals surface area contributed by atoms with Crippen molar-refractivity contribution in [3.8, 4) is 22.6 Å². The number of amides is 1. The summed E-state index contributed by atoms with van der Waals surface area (Å²) in [5.41, 5.74) is 8.14. The maximum absolute atomic E-state index is 14.1. The zero-order valence-electron chi connectivity index (χ0n) is 35.7. The highest BCUT2D eigenvalue weighted by Gasteiger charge is 2.28. The van der Waals surface area contributed by atoms with E-state index in [9.17, 15) is 9.59 Å². The number of hydrogen-bond donors (Lipinski definition) is 0. The summed E-state index contributed by atoms with van der Waals surface area (Å²) in [6.45, 7) is 2.27. The lowest BCUT2D eigenvalue weighted by molar-refractivity contribution is 0.0989. The normalized spacial score (nSPS) is 12.0. The van der Waals surface area contributed by atoms with E-state index in [1.165, 1.54) is 17.6 Å². The topological polar surface area (TPSA) is 118 Å². The average Bonchev–Trinajstić information content (AvgIpc) is 3.60. The number of ketones is 1. The molecule has 11 nitrogen and oxygen atoms in total. The van der Waals surface area contributed by atoms with Crippen LogP contribution in [0.5, 0.6) is 11.5 Å². The Labute approximate surface area is 374 Å². The van der Waals surface area contributed by atoms with E-state index >= 15 is 0 Å². The summed E-state index contributed by atoms with van der Waals surface area (Å²) < 4.78 is 11.8. The minimum Gasteiger partial charge on any atom is -0.494 e. The third-order valence-electron chi connectivity index (χ3n) is 11.3. The smallest absolute Gasteiger partial charge is 0.261 e. The van der Waals surface area contributed by atoms with Crippen LogP contribution < -0.4 is 19.4 Å². The maximum Gasteiger partial charge on any atom is 0.261 e. The molecule has 1 aliphatic carbocycles. The third kappa shape index (κ3) is 7.83. The van der Waals surface area contributed by atoms with Gasteiger partial charge in [-0.25, -0.2) is 0 Å². The van der Waals surface area contributed by atoms with Crippen LogP contribution in [0.25, 0.3) is 32.7 Å². The number of carbonyl (C=O) groups excluding carboxylic acids is 2. The molecule has 9 rings (SSSR count). The molecule has 0 aromatic heterocycles. The van der Waals surface area contributed by atoms with Crippen LogP contribution in [0.3, 0.4) is 0 Å². The summed E-state index contributed by atoms with van der Waals surface area (Å²) in [5.74, 6) is 0.297. The molecule has 0 unspecified atom stereocenters. The maximum atomic E-state index is 14.1. The second kappa shape index (κ2) is 17.6. The van der Waals surface area contributed by atoms with Gasteiger partial charge in [0.05, 0.1) is 47.6 Å². The Morgan fingerprint density at radius 3 is 1.75 bits per heavy atom. The molecule has 8 aromatic rings. The second-order valence-electron chi connectivity index (χ2n) is 15.3. The molecular weight excluding hydrogens is 824 g/mol. The Kier molecular flexibility index (Phi) is 11.4. The van der Waals surface area contributed by atoms with E-state index in [1.54, 1.807) is 61.7 Å². The number of rotatable bonds is 12. The zero-order valence-corrected chi connectivity index (χ0v) is 36.4. The number of methoxy groups -OCH3 is 2. The average molecular weight is 865 g/mol. The highest BCUT2D eigenvalue weighted by atomic mass is 35.5. The van der Waals surface area contributed by atoms with Crippen molar-refractivity contribution >= 4 is 79.0 Å². The van der Waals surface area contributed by atoms with Crippen molar-refractivity contribution < 1.29 is 23.9 Å². The molecule has 0 radical (unpaired) electrons. The van der Waals surface area contributed by atoms with Crippen LogP contribution in [0.4, 0.5) is 34.1 Å². The minimum absolute atomic E-state index is 0.169. The van der Waals surface area contributed by atoms with E-state index in [1.807, 2.05) is 117 Å². The molecule has 0 aliphatic heterocycles. The fourth-order valence-corrected chi connectivity index (χ4v) is 8.24. The van der Waals surface area contributed by atoms with Gasteiger partial charge < -0.3 is 14.4 Å². The fourth-order valence-electron chi connectivity index (χ4n) is 7.98. The SMILES string of the molecule is COc1c(CON(C)c2ccc(C)cc2)cc2ccccc2c1N=Nc1ccc2c(c1)C(=O)c1cc(N=Nc3c(OC)c(C(=O)N(C)c4ccccc4Cl)cc4ccccc34)ccc1-2. The van der Waals surface area contributed by atoms with Gasteiger partial charge in [0.1, 0.15) is 18.0 Å². The second-order valence-corrected chi connectivity index (χ2v) is 15.7. The zero-order chi connectivity index (χ0) is 44.5. The molecule has 0 saturated carbocycles. The quantitative estimate of drug-likeness (QED) is 0.0891. The van der Waals surface area contributed by atoms with Crippen LogP contribution in [-0.4, -0.2) is 40.0 Å². The molecule has 0 spiro atoms. The van der Waals surface area contributed by atoms with Gasteiger partial charge in [-0.1, -0.05) is 102 Å². The highest BCUT2D eigenvalue weighted by Crippen LogP contribution is 2.45. The van der Waals surface area contributed by atoms with Crippen LogP contribution >= 0.6 is 11.6 Å². The van der Waals surface area contributed by atoms with Crippen molar-refractivity contribution in [1.29, 1.82) is 0 Å². The van der Waals surface area contributed by atoms with Gasteiger partial charge in [0.25, 0.3) is 5.91 Å². The molecular formula is C52H41ClN6O5. The van der Waals surface area contributed by atoms with Crippen molar-refractivity contribution in [2.45, 2.75) is 13.5 Å². The molecule has 0 fully saturated rings. The van der Waals surface area contributed by atoms with E-state index < -0.39 is 0 Å². The first-order valence-electron chi connectivity index (χ1n) is 20.4. The predicted octanol–water partition coefficient (Wildman–Crippen LogP) is 13.9. The number of nitrogens with zero attached hydrogens (tertiary/aromatic N) is 6. The number of carbonyl (C=O) groups is 2. The summed E-state index contributed by atoms with van der Waals surface area (Å²) in [5, 5.41) is 24.1. The molecule has 316 valence electrons. The Balaban J connectivity index is 0.995. The van der Waals surface area contributed by atoms with Gasteiger partial charge in [0.2, 0.25) is 0 Å². The van der Waals surface area contributed by atoms with E-state index in [2.05, 4.69) is 15.3 Å². The van der Waals surface area contributed by atoms with Crippen molar-refractivity contribution in [3.05, 3.63) is 178 Å². The molecule has 64 heavy (non-hydrogen) atoms. The van der Waals surface area contributed by atoms with Gasteiger partial charge in [-0.05, 0) is 89.5 Å². The molecule has 0 bridgehead atoms. The first kappa shape index (κ1) is 41.6. The Hall–Kier alpha value is -7.73. The number of anilines is 2. The Morgan fingerprint density at radius 2 is 1.16 bits per heavy atom. The van der Waals surface area contributed by atoms with Gasteiger partial charge in [0, 0.05) is 41.6 Å². The largest absolute Gasteiger partial charge is 0.494 e. The Bertz CT molecular complexity index is 3200. The van der Waals surface area contributed by atoms with Gasteiger partial charge in [-0.15, -0.1) is 10.2 Å². The lowest BCUT2D eigenvalue weighted by atomic mass is 10.0. The number of fused-ring (bicyclic) bond motifs is 5. The third-order valence-corrected chi connectivity index (χ3v) is 11.6. The summed E-state index contributed by atoms with van der Waals surface area (Å²) >= 11 is 6.46. The number of hydroxylamine groups is 1. The van der Waals surface area contributed by atoms with Crippen LogP contribution in [0.1, 0.15) is 37.4 Å². The van der Waals surface area contributed by atoms with Crippen LogP contribution in [0.2, 0.25) is 5.02 Å². The number of halogens is 1. The minimum atomic E-state index is -0.333. The number of aryl methyl sites for hydroxylation is 1. The molecule has 0 saturated heterocycles. The molecule has 0 heterocycles. The Morgan fingerprint density at radius 1 is 0.609 bits per heavy atom. The summed E-state index contributed by atoms with van der Waals surface area (Å²) in [4.78, 5) is 35.7. The van der Waals surface area contributed by atoms with E-state index in [0.717, 1.165) is 43.9 Å². The first-order chi connectivity index (χ1) is 31.1. The van der Waals surface area contributed by atoms with Crippen molar-refractivity contribution in [3.63, 3.8) is 0 Å². The van der Waals surface area contributed by atoms with E-state index in [0.29, 0.717) is 55.9 Å². The van der Waals surface area contributed by atoms with E-state index in [-0.39, 0.29) is 24.0 Å². The summed E-state index contributed by atoms with van der Waals surface area (Å²) in [7, 11) is 6.62. The van der Waals surface area contributed by atoms with Gasteiger partial charge in [-0.3, -0.25) is 19.5 Å². The number of ether oxygens (including phenoxy) is 2. The molecule has 0 atom stereocenters. The molecule has 12 heteroatoms. The van der Waals surface area contributed by atoms with Crippen molar-refractivity contribution in [2.24, 2.45) is 20.5 Å². The van der Waals surface area contributed by atoms with Crippen molar-refractivity contribution in [2.75, 3.05) is 38.3 Å². The molecule has 1 amide bonds. The lowest BCUT2D eigenvalue weighted by Crippen LogP contribution is -2.27. The molecule has 8 aromatic carbocycles. The van der Waals surface area contributed by atoms with Crippen LogP contribution in [0.15, 0.2) is 166 Å². The van der Waals surface area contributed by atoms with Gasteiger partial charge >= 0.3 is 0 Å². The number of para-hydroxylation sites is 1. The number of azo groups is 2. The first-order valence-corrected chi connectivity index (χ1v) is 20.8. The van der Waals surface area contributed by atoms with Gasteiger partial charge in [0.15, 0.2) is 17.3 Å². The molecule has 0 N–H and O–H groups in total. The van der Waals surface area contributed by atoms with Crippen LogP contribution in [-0.2, 0) is 11.4 Å². The highest BCUT2D eigenvalue weighted by molar-refractivity contribution is 6.34. The summed E-state index contributed by atoms with van der Waals surface area (Å²) in [6, 6.07) is 45.4. The lowest BCUT2D eigenvalue weighted by Gasteiger charge is -2.21. The predicted molar refractivity (Wildman–Crippen MR) is 253 cm³/mol. The fraction of sp³-hybridized carbons (Fsp3) is 0.115. The molecule has 1 aliphatic rings. The summed E-state index contributed by atoms with van der Waals surface area (Å²) in [6.07, 6.45) is 0. The number of hydrogen-bond acceptors (Lipinski definition) is 10.